The molecule has 3 heteroatoms. The Kier molecular flexibility index (Phi) is 5.93. The molecule has 0 heterocycles. The molecule has 3 nitrogen and oxygen atoms in total. The van der Waals surface area contributed by atoms with Gasteiger partial charge in [-0.1, -0.05) is 43.5 Å². The van der Waals surface area contributed by atoms with Crippen LogP contribution < -0.4 is 0 Å². The molecule has 0 aliphatic heterocycles. The average Bonchev–Trinajstić information content (AvgIpc) is 2.67. The molecule has 25 heavy (non-hydrogen) atoms. The maximum atomic E-state index is 12.0. The molecule has 2 fully saturated rings. The van der Waals surface area contributed by atoms with Crippen molar-refractivity contribution in [1.82, 2.24) is 0 Å². The predicted octanol–water partition coefficient (Wildman–Crippen LogP) is 5.13. The maximum Gasteiger partial charge on any atom is 0.309 e. The molecule has 2 aliphatic rings. The maximum absolute atomic E-state index is 12.0. The zero-order chi connectivity index (χ0) is 17.7. The highest BCUT2D eigenvalue weighted by molar-refractivity contribution is 5.75. The third-order valence-corrected chi connectivity index (χ3v) is 6.68. The van der Waals surface area contributed by atoms with Crippen LogP contribution in [0.4, 0.5) is 0 Å². The summed E-state index contributed by atoms with van der Waals surface area (Å²) in [6.07, 6.45) is 11.8. The summed E-state index contributed by atoms with van der Waals surface area (Å²) >= 11 is 0. The van der Waals surface area contributed by atoms with Gasteiger partial charge in [0.15, 0.2) is 0 Å². The lowest BCUT2D eigenvalue weighted by molar-refractivity contribution is -0.156. The zero-order valence-electron chi connectivity index (χ0n) is 15.1. The van der Waals surface area contributed by atoms with Gasteiger partial charge in [0.25, 0.3) is 0 Å². The molecule has 1 N–H and O–H groups in total. The van der Waals surface area contributed by atoms with Gasteiger partial charge in [-0.15, -0.1) is 0 Å². The first-order valence-corrected chi connectivity index (χ1v) is 9.91. The van der Waals surface area contributed by atoms with E-state index in [-0.39, 0.29) is 0 Å². The number of carboxylic acids is 1. The van der Waals surface area contributed by atoms with Gasteiger partial charge < -0.3 is 9.90 Å². The van der Waals surface area contributed by atoms with Crippen LogP contribution in [-0.4, -0.2) is 17.4 Å². The molecule has 0 atom stereocenters. The largest absolute Gasteiger partial charge is 0.481 e. The highest BCUT2D eigenvalue weighted by Crippen LogP contribution is 2.50. The second-order valence-electron chi connectivity index (χ2n) is 8.02. The predicted molar refractivity (Wildman–Crippen MR) is 98.7 cm³/mol. The van der Waals surface area contributed by atoms with Crippen molar-refractivity contribution in [3.63, 3.8) is 0 Å². The minimum absolute atomic E-state index is 0.355. The lowest BCUT2D eigenvalue weighted by atomic mass is 9.60. The zero-order valence-corrected chi connectivity index (χ0v) is 15.1. The topological polar surface area (TPSA) is 54.4 Å². The molecule has 1 aromatic rings. The van der Waals surface area contributed by atoms with Crippen LogP contribution in [0.1, 0.15) is 81.3 Å². The number of benzene rings is 1. The fourth-order valence-corrected chi connectivity index (χ4v) is 5.14. The number of carboxylic acid groups (broad SMARTS) is 1. The lowest BCUT2D eigenvalue weighted by Crippen LogP contribution is -2.42. The Bertz CT molecular complexity index is 576. The van der Waals surface area contributed by atoms with E-state index in [0.717, 1.165) is 64.1 Å². The number of rotatable bonds is 6. The summed E-state index contributed by atoms with van der Waals surface area (Å²) in [6.45, 7) is 0. The Labute approximate surface area is 150 Å². The molecule has 1 aromatic carbocycles. The fourth-order valence-electron chi connectivity index (χ4n) is 5.14. The van der Waals surface area contributed by atoms with Crippen molar-refractivity contribution >= 4 is 12.3 Å². The van der Waals surface area contributed by atoms with E-state index in [1.54, 1.807) is 0 Å². The van der Waals surface area contributed by atoms with Crippen LogP contribution in [0.5, 0.6) is 0 Å². The van der Waals surface area contributed by atoms with Crippen molar-refractivity contribution in [3.05, 3.63) is 35.4 Å². The third-order valence-electron chi connectivity index (χ3n) is 6.68. The van der Waals surface area contributed by atoms with Crippen LogP contribution in [0.2, 0.25) is 0 Å². The van der Waals surface area contributed by atoms with Gasteiger partial charge in [0.1, 0.15) is 6.29 Å². The summed E-state index contributed by atoms with van der Waals surface area (Å²) in [4.78, 5) is 22.5. The van der Waals surface area contributed by atoms with Gasteiger partial charge in [-0.25, -0.2) is 0 Å². The van der Waals surface area contributed by atoms with E-state index in [2.05, 4.69) is 24.3 Å². The third kappa shape index (κ3) is 3.96. The van der Waals surface area contributed by atoms with Gasteiger partial charge in [-0.3, -0.25) is 4.79 Å². The number of aryl methyl sites for hydroxylation is 1. The van der Waals surface area contributed by atoms with Gasteiger partial charge in [0.2, 0.25) is 0 Å². The first-order valence-electron chi connectivity index (χ1n) is 9.91. The number of hydrogen-bond acceptors (Lipinski definition) is 2. The Morgan fingerprint density at radius 3 is 2.24 bits per heavy atom. The van der Waals surface area contributed by atoms with E-state index < -0.39 is 11.4 Å². The number of hydrogen-bond donors (Lipinski definition) is 1. The van der Waals surface area contributed by atoms with Crippen molar-refractivity contribution in [2.75, 3.05) is 0 Å². The van der Waals surface area contributed by atoms with E-state index in [1.807, 2.05) is 0 Å². The van der Waals surface area contributed by atoms with Crippen LogP contribution in [0.25, 0.3) is 0 Å². The van der Waals surface area contributed by atoms with Crippen LogP contribution >= 0.6 is 0 Å². The molecule has 0 unspecified atom stereocenters. The molecule has 0 aromatic heterocycles. The van der Waals surface area contributed by atoms with Crippen LogP contribution in [-0.2, 0) is 16.0 Å². The monoisotopic (exact) mass is 342 g/mol. The normalized spacial score (nSPS) is 26.1. The quantitative estimate of drug-likeness (QED) is 0.729. The molecule has 0 radical (unpaired) electrons. The highest BCUT2D eigenvalue weighted by atomic mass is 16.4. The van der Waals surface area contributed by atoms with Crippen molar-refractivity contribution in [2.24, 2.45) is 11.3 Å². The summed E-state index contributed by atoms with van der Waals surface area (Å²) in [5.74, 6) is 0.370. The van der Waals surface area contributed by atoms with E-state index in [0.29, 0.717) is 18.3 Å². The van der Waals surface area contributed by atoms with Gasteiger partial charge in [0, 0.05) is 6.42 Å². The second kappa shape index (κ2) is 8.16. The minimum atomic E-state index is -0.546. The van der Waals surface area contributed by atoms with Crippen LogP contribution in [0.3, 0.4) is 0 Å². The molecule has 2 saturated carbocycles. The van der Waals surface area contributed by atoms with Gasteiger partial charge in [-0.05, 0) is 67.9 Å². The smallest absolute Gasteiger partial charge is 0.309 e. The van der Waals surface area contributed by atoms with Crippen LogP contribution in [0.15, 0.2) is 24.3 Å². The first kappa shape index (κ1) is 18.2. The molecule has 0 saturated heterocycles. The molecule has 0 bridgehead atoms. The van der Waals surface area contributed by atoms with Crippen LogP contribution in [0, 0.1) is 11.3 Å². The number of carbonyl (C=O) groups excluding carboxylic acids is 1. The Balaban J connectivity index is 1.61. The number of aliphatic carboxylic acids is 1. The van der Waals surface area contributed by atoms with Crippen molar-refractivity contribution in [3.8, 4) is 0 Å². The summed E-state index contributed by atoms with van der Waals surface area (Å²) in [7, 11) is 0. The van der Waals surface area contributed by atoms with Crippen molar-refractivity contribution in [2.45, 2.75) is 76.5 Å². The van der Waals surface area contributed by atoms with Gasteiger partial charge >= 0.3 is 5.97 Å². The lowest BCUT2D eigenvalue weighted by Gasteiger charge is -2.43. The number of carbonyl (C=O) groups is 2. The van der Waals surface area contributed by atoms with E-state index in [1.165, 1.54) is 17.5 Å². The Hall–Kier alpha value is -1.64. The van der Waals surface area contributed by atoms with Gasteiger partial charge in [-0.2, -0.15) is 0 Å². The summed E-state index contributed by atoms with van der Waals surface area (Å²) < 4.78 is 0. The molecule has 0 spiro atoms. The summed E-state index contributed by atoms with van der Waals surface area (Å²) in [5, 5.41) is 9.90. The molecule has 3 rings (SSSR count). The highest BCUT2D eigenvalue weighted by Gasteiger charge is 2.47. The Morgan fingerprint density at radius 1 is 1.04 bits per heavy atom. The van der Waals surface area contributed by atoms with E-state index >= 15 is 0 Å². The average molecular weight is 342 g/mol. The Morgan fingerprint density at radius 2 is 1.68 bits per heavy atom. The minimum Gasteiger partial charge on any atom is -0.481 e. The molecule has 136 valence electrons. The van der Waals surface area contributed by atoms with E-state index in [4.69, 9.17) is 0 Å². The summed E-state index contributed by atoms with van der Waals surface area (Å²) in [6, 6.07) is 8.70. The second-order valence-corrected chi connectivity index (χ2v) is 8.02. The SMILES string of the molecule is O=CCCc1ccc(C2CCC(C3(C(=O)O)CCCCC3)CC2)cc1. The van der Waals surface area contributed by atoms with Gasteiger partial charge in [0.05, 0.1) is 5.41 Å². The van der Waals surface area contributed by atoms with Crippen molar-refractivity contribution in [1.29, 1.82) is 0 Å². The molecular formula is C22H30O3. The first-order chi connectivity index (χ1) is 12.2. The standard InChI is InChI=1S/C22H30O3/c23-16-4-5-17-6-8-18(9-7-17)19-10-12-20(13-11-19)22(21(24)25)14-2-1-3-15-22/h6-9,16,19-20H,1-5,10-15H2,(H,24,25). The molecule has 0 amide bonds. The molecule has 2 aliphatic carbocycles. The fraction of sp³-hybridized carbons (Fsp3) is 0.636. The van der Waals surface area contributed by atoms with E-state index in [9.17, 15) is 14.7 Å². The van der Waals surface area contributed by atoms with Crippen molar-refractivity contribution < 1.29 is 14.7 Å². The molecular weight excluding hydrogens is 312 g/mol. The summed E-state index contributed by atoms with van der Waals surface area (Å²) in [5.41, 5.74) is 2.15. The number of aldehydes is 1.